The first-order chi connectivity index (χ1) is 31.7. The molecule has 8 heteroatoms. The maximum Gasteiger partial charge on any atom is 0.252 e. The lowest BCUT2D eigenvalue weighted by atomic mass is 9.30. The third kappa shape index (κ3) is 4.97. The number of rotatable bonds is 4. The minimum atomic E-state index is -0.199. The fourth-order valence-electron chi connectivity index (χ4n) is 11.0. The summed E-state index contributed by atoms with van der Waals surface area (Å²) in [5.41, 5.74) is 20.4. The molecule has 9 aromatic carbocycles. The molecule has 6 nitrogen and oxygen atoms in total. The van der Waals surface area contributed by atoms with Gasteiger partial charge in [0.2, 0.25) is 12.4 Å². The fraction of sp³-hybridized carbons (Fsp3) is 0. The summed E-state index contributed by atoms with van der Waals surface area (Å²) >= 11 is 0. The van der Waals surface area contributed by atoms with Crippen LogP contribution in [0.5, 0.6) is 0 Å². The summed E-state index contributed by atoms with van der Waals surface area (Å²) in [6, 6.07) is 75.3. The number of hydrogen-bond acceptors (Lipinski definition) is 5. The first-order valence-corrected chi connectivity index (χ1v) is 21.6. The van der Waals surface area contributed by atoms with E-state index < -0.39 is 0 Å². The van der Waals surface area contributed by atoms with Crippen LogP contribution in [0, 0.1) is 17.9 Å². The Morgan fingerprint density at radius 2 is 0.781 bits per heavy atom. The highest BCUT2D eigenvalue weighted by atomic mass is 15.2. The first kappa shape index (κ1) is 36.0. The molecule has 0 saturated heterocycles. The molecule has 294 valence electrons. The van der Waals surface area contributed by atoms with E-state index in [9.17, 15) is 5.26 Å². The average Bonchev–Trinajstić information content (AvgIpc) is 3.36. The van der Waals surface area contributed by atoms with Crippen LogP contribution in [-0.4, -0.2) is 13.4 Å². The third-order valence-electron chi connectivity index (χ3n) is 13.4. The number of para-hydroxylation sites is 6. The van der Waals surface area contributed by atoms with Gasteiger partial charge in [0, 0.05) is 62.6 Å². The van der Waals surface area contributed by atoms with Gasteiger partial charge in [-0.1, -0.05) is 121 Å². The van der Waals surface area contributed by atoms with Gasteiger partial charge in [0.25, 0.3) is 6.71 Å². The highest BCUT2D eigenvalue weighted by Gasteiger charge is 2.48. The summed E-state index contributed by atoms with van der Waals surface area (Å²) in [4.78, 5) is 13.6. The summed E-state index contributed by atoms with van der Waals surface area (Å²) in [5, 5.41) is 11.0. The summed E-state index contributed by atoms with van der Waals surface area (Å²) in [6.45, 7) is 8.21. The zero-order chi connectivity index (χ0) is 42.5. The fourth-order valence-corrected chi connectivity index (χ4v) is 11.0. The van der Waals surface area contributed by atoms with E-state index in [2.05, 4.69) is 213 Å². The van der Waals surface area contributed by atoms with Gasteiger partial charge in [-0.25, -0.2) is 4.85 Å². The molecule has 0 amide bonds. The van der Waals surface area contributed by atoms with E-state index in [-0.39, 0.29) is 13.4 Å². The van der Waals surface area contributed by atoms with Crippen molar-refractivity contribution in [2.45, 2.75) is 0 Å². The zero-order valence-electron chi connectivity index (χ0n) is 34.5. The normalized spacial score (nSPS) is 13.4. The molecular weight excluding hydrogens is 778 g/mol. The second kappa shape index (κ2) is 13.9. The second-order valence-corrected chi connectivity index (χ2v) is 16.6. The van der Waals surface area contributed by atoms with Crippen LogP contribution in [0.3, 0.4) is 0 Å². The Morgan fingerprint density at radius 1 is 0.375 bits per heavy atom. The summed E-state index contributed by atoms with van der Waals surface area (Å²) in [5.74, 6) is 0. The van der Waals surface area contributed by atoms with Crippen molar-refractivity contribution in [3.05, 3.63) is 223 Å². The molecule has 0 spiro atoms. The molecule has 4 heterocycles. The minimum absolute atomic E-state index is 0.195. The van der Waals surface area contributed by atoms with Crippen molar-refractivity contribution in [2.24, 2.45) is 0 Å². The van der Waals surface area contributed by atoms with Crippen LogP contribution >= 0.6 is 0 Å². The Morgan fingerprint density at radius 3 is 1.25 bits per heavy atom. The Bertz CT molecular complexity index is 3230. The molecule has 13 rings (SSSR count). The van der Waals surface area contributed by atoms with Gasteiger partial charge in [0.1, 0.15) is 6.07 Å². The van der Waals surface area contributed by atoms with Gasteiger partial charge in [-0.2, -0.15) is 5.26 Å². The van der Waals surface area contributed by atoms with E-state index in [1.54, 1.807) is 0 Å². The number of benzene rings is 9. The molecule has 0 radical (unpaired) electrons. The highest BCUT2D eigenvalue weighted by molar-refractivity contribution is 7.03. The third-order valence-corrected chi connectivity index (χ3v) is 13.4. The molecule has 0 N–H and O–H groups in total. The number of fused-ring (bicyclic) bond motifs is 8. The van der Waals surface area contributed by atoms with Crippen molar-refractivity contribution in [3.63, 3.8) is 0 Å². The largest absolute Gasteiger partial charge is 0.321 e. The van der Waals surface area contributed by atoms with Gasteiger partial charge >= 0.3 is 0 Å². The van der Waals surface area contributed by atoms with Crippen molar-refractivity contribution in [3.8, 4) is 6.07 Å². The van der Waals surface area contributed by atoms with Gasteiger partial charge in [-0.3, -0.25) is 0 Å². The van der Waals surface area contributed by atoms with Crippen molar-refractivity contribution in [1.29, 1.82) is 5.26 Å². The molecule has 0 bridgehead atoms. The van der Waals surface area contributed by atoms with Crippen molar-refractivity contribution in [1.82, 2.24) is 0 Å². The van der Waals surface area contributed by atoms with E-state index >= 15 is 0 Å². The van der Waals surface area contributed by atoms with Crippen LogP contribution in [0.25, 0.3) is 4.85 Å². The van der Waals surface area contributed by atoms with Gasteiger partial charge in [0.15, 0.2) is 0 Å². The molecule has 0 unspecified atom stereocenters. The molecule has 0 atom stereocenters. The predicted molar refractivity (Wildman–Crippen MR) is 265 cm³/mol. The molecule has 64 heavy (non-hydrogen) atoms. The van der Waals surface area contributed by atoms with Crippen molar-refractivity contribution < 1.29 is 0 Å². The predicted octanol–water partition coefficient (Wildman–Crippen LogP) is 10.3. The minimum Gasteiger partial charge on any atom is -0.321 e. The topological polar surface area (TPSA) is 41.1 Å². The van der Waals surface area contributed by atoms with E-state index in [0.29, 0.717) is 11.3 Å². The first-order valence-electron chi connectivity index (χ1n) is 21.6. The second-order valence-electron chi connectivity index (χ2n) is 16.6. The maximum atomic E-state index is 11.0. The molecule has 0 aliphatic carbocycles. The molecule has 9 aromatic rings. The Labute approximate surface area is 372 Å². The number of anilines is 12. The van der Waals surface area contributed by atoms with Crippen LogP contribution in [0.15, 0.2) is 206 Å². The summed E-state index contributed by atoms with van der Waals surface area (Å²) < 4.78 is 0. The molecule has 0 fully saturated rings. The molecule has 0 aromatic heterocycles. The van der Waals surface area contributed by atoms with Crippen LogP contribution in [-0.2, 0) is 0 Å². The van der Waals surface area contributed by atoms with Gasteiger partial charge in [-0.15, -0.1) is 0 Å². The van der Waals surface area contributed by atoms with Gasteiger partial charge < -0.3 is 19.6 Å². The van der Waals surface area contributed by atoms with Crippen molar-refractivity contribution in [2.75, 3.05) is 19.6 Å². The molecule has 4 aliphatic rings. The van der Waals surface area contributed by atoms with Gasteiger partial charge in [-0.05, 0) is 118 Å². The van der Waals surface area contributed by atoms with Crippen LogP contribution < -0.4 is 52.4 Å². The maximum absolute atomic E-state index is 11.0. The quantitative estimate of drug-likeness (QED) is 0.131. The molecular formula is C56H34B2N6. The number of nitrogens with zero attached hydrogens (tertiary/aromatic N) is 6. The Hall–Kier alpha value is -8.71. The smallest absolute Gasteiger partial charge is 0.252 e. The molecule has 4 aliphatic heterocycles. The Balaban J connectivity index is 1.17. The highest BCUT2D eigenvalue weighted by Crippen LogP contribution is 2.50. The Kier molecular flexibility index (Phi) is 7.82. The number of nitriles is 1. The standard InChI is InChI=1S/C56H34B2N6/c1-60-46-31-33-50-54-56(46)64(41-24-12-5-13-25-41)48-29-17-15-27-43(48)58(54)45-34-44-51(35-52(45)62(50)39-20-8-3-9-21-39)61(38-18-6-2-7-19-38)49-32-30-37(36-59)55-53(49)57(44)42-26-14-16-28-47(42)63(55)40-22-10-4-11-23-40/h2-35H. The lowest BCUT2D eigenvalue weighted by Gasteiger charge is -2.47. The lowest BCUT2D eigenvalue weighted by Crippen LogP contribution is -2.65. The van der Waals surface area contributed by atoms with E-state index in [4.69, 9.17) is 6.57 Å². The molecule has 0 saturated carbocycles. The number of hydrogen-bond donors (Lipinski definition) is 0. The zero-order valence-corrected chi connectivity index (χ0v) is 34.5. The average molecular weight is 813 g/mol. The van der Waals surface area contributed by atoms with E-state index in [1.165, 1.54) is 10.9 Å². The van der Waals surface area contributed by atoms with Gasteiger partial charge in [0.05, 0.1) is 17.8 Å². The lowest BCUT2D eigenvalue weighted by molar-refractivity contribution is 1.23. The van der Waals surface area contributed by atoms with Crippen molar-refractivity contribution >= 4 is 120 Å². The van der Waals surface area contributed by atoms with E-state index in [1.807, 2.05) is 24.3 Å². The van der Waals surface area contributed by atoms with Crippen LogP contribution in [0.2, 0.25) is 0 Å². The van der Waals surface area contributed by atoms with Crippen LogP contribution in [0.1, 0.15) is 5.56 Å². The van der Waals surface area contributed by atoms with Crippen LogP contribution in [0.4, 0.5) is 73.9 Å². The van der Waals surface area contributed by atoms with E-state index in [0.717, 1.165) is 90.1 Å². The summed E-state index contributed by atoms with van der Waals surface area (Å²) in [7, 11) is 0. The summed E-state index contributed by atoms with van der Waals surface area (Å²) in [6.07, 6.45) is 0. The monoisotopic (exact) mass is 812 g/mol. The SMILES string of the molecule is [C-]#[N+]c1ccc2c3c1N(c1ccccc1)c1ccccc1B3c1cc3c(cc1N2c1ccccc1)N(c1ccccc1)c1ccc(C#N)c2c1B3c1ccccc1N2c1ccccc1.